The van der Waals surface area contributed by atoms with Gasteiger partial charge in [0.05, 0.1) is 5.92 Å². The fourth-order valence-corrected chi connectivity index (χ4v) is 3.23. The Morgan fingerprint density at radius 1 is 1.19 bits per heavy atom. The highest BCUT2D eigenvalue weighted by atomic mass is 35.5. The minimum atomic E-state index is -0.819. The molecule has 0 bridgehead atoms. The normalized spacial score (nSPS) is 16.8. The number of hydrogen-bond acceptors (Lipinski definition) is 2. The van der Waals surface area contributed by atoms with Gasteiger partial charge >= 0.3 is 0 Å². The second-order valence-electron chi connectivity index (χ2n) is 6.15. The van der Waals surface area contributed by atoms with Crippen molar-refractivity contribution in [3.05, 3.63) is 64.7 Å². The van der Waals surface area contributed by atoms with Crippen molar-refractivity contribution in [2.24, 2.45) is 5.92 Å². The van der Waals surface area contributed by atoms with Gasteiger partial charge in [-0.3, -0.25) is 9.59 Å². The number of hydrogen-bond donors (Lipinski definition) is 1. The molecule has 3 rings (SSSR count). The maximum Gasteiger partial charge on any atom is 0.228 e. The lowest BCUT2D eigenvalue weighted by atomic mass is 10.1. The Balaban J connectivity index is 1.59. The van der Waals surface area contributed by atoms with Crippen molar-refractivity contribution in [2.75, 3.05) is 18.0 Å². The quantitative estimate of drug-likeness (QED) is 0.867. The van der Waals surface area contributed by atoms with E-state index in [1.165, 1.54) is 6.07 Å². The molecule has 1 N–H and O–H groups in total. The first-order valence-corrected chi connectivity index (χ1v) is 8.60. The van der Waals surface area contributed by atoms with E-state index < -0.39 is 29.1 Å². The maximum atomic E-state index is 13.9. The number of nitrogens with zero attached hydrogens (tertiary/aromatic N) is 1. The number of amides is 2. The van der Waals surface area contributed by atoms with Crippen LogP contribution in [0.2, 0.25) is 5.02 Å². The predicted molar refractivity (Wildman–Crippen MR) is 95.0 cm³/mol. The molecule has 0 aromatic heterocycles. The van der Waals surface area contributed by atoms with Gasteiger partial charge < -0.3 is 10.2 Å². The molecule has 7 heteroatoms. The van der Waals surface area contributed by atoms with Gasteiger partial charge in [0.25, 0.3) is 0 Å². The van der Waals surface area contributed by atoms with Gasteiger partial charge in [0.2, 0.25) is 11.8 Å². The number of rotatable bonds is 5. The molecule has 1 fully saturated rings. The standard InChI is InChI=1S/C19H17ClF2N2O2/c20-14-4-1-3-12(9-14)7-8-23-19(26)13-10-17(25)24(11-13)18-15(21)5-2-6-16(18)22/h1-6,9,13H,7-8,10-11H2,(H,23,26). The Hall–Kier alpha value is -2.47. The molecule has 4 nitrogen and oxygen atoms in total. The third-order valence-corrected chi connectivity index (χ3v) is 4.54. The van der Waals surface area contributed by atoms with Gasteiger partial charge in [-0.2, -0.15) is 0 Å². The summed E-state index contributed by atoms with van der Waals surface area (Å²) in [6.45, 7) is 0.345. The van der Waals surface area contributed by atoms with Gasteiger partial charge in [0, 0.05) is 24.5 Å². The average molecular weight is 379 g/mol. The van der Waals surface area contributed by atoms with Gasteiger partial charge in [0.1, 0.15) is 17.3 Å². The first-order valence-electron chi connectivity index (χ1n) is 8.22. The van der Waals surface area contributed by atoms with Crippen LogP contribution in [0.4, 0.5) is 14.5 Å². The highest BCUT2D eigenvalue weighted by Crippen LogP contribution is 2.29. The van der Waals surface area contributed by atoms with Gasteiger partial charge in [-0.1, -0.05) is 29.8 Å². The molecule has 136 valence electrons. The summed E-state index contributed by atoms with van der Waals surface area (Å²) < 4.78 is 27.8. The monoisotopic (exact) mass is 378 g/mol. The van der Waals surface area contributed by atoms with Crippen LogP contribution in [0.1, 0.15) is 12.0 Å². The van der Waals surface area contributed by atoms with E-state index in [2.05, 4.69) is 5.32 Å². The molecule has 2 aromatic carbocycles. The van der Waals surface area contributed by atoms with Gasteiger partial charge in [-0.15, -0.1) is 0 Å². The highest BCUT2D eigenvalue weighted by Gasteiger charge is 2.37. The van der Waals surface area contributed by atoms with E-state index in [1.54, 1.807) is 6.07 Å². The molecule has 1 aliphatic rings. The number of nitrogens with one attached hydrogen (secondary N) is 1. The zero-order valence-electron chi connectivity index (χ0n) is 13.8. The Morgan fingerprint density at radius 3 is 2.58 bits per heavy atom. The first kappa shape index (κ1) is 18.3. The largest absolute Gasteiger partial charge is 0.355 e. The van der Waals surface area contributed by atoms with Crippen molar-refractivity contribution < 1.29 is 18.4 Å². The summed E-state index contributed by atoms with van der Waals surface area (Å²) >= 11 is 5.91. The van der Waals surface area contributed by atoms with Crippen molar-refractivity contribution >= 4 is 29.1 Å². The summed E-state index contributed by atoms with van der Waals surface area (Å²) in [6, 6.07) is 10.7. The molecule has 1 saturated heterocycles. The second kappa shape index (κ2) is 7.83. The van der Waals surface area contributed by atoms with Gasteiger partial charge in [-0.05, 0) is 36.2 Å². The first-order chi connectivity index (χ1) is 12.5. The molecule has 2 amide bonds. The Labute approximate surface area is 154 Å². The number of carbonyl (C=O) groups excluding carboxylic acids is 2. The third-order valence-electron chi connectivity index (χ3n) is 4.31. The maximum absolute atomic E-state index is 13.9. The van der Waals surface area contributed by atoms with E-state index in [0.717, 1.165) is 22.6 Å². The molecule has 0 spiro atoms. The van der Waals surface area contributed by atoms with Crippen molar-refractivity contribution in [3.8, 4) is 0 Å². The number of para-hydroxylation sites is 1. The number of halogens is 3. The third kappa shape index (κ3) is 4.02. The van der Waals surface area contributed by atoms with E-state index in [4.69, 9.17) is 11.6 Å². The van der Waals surface area contributed by atoms with Crippen molar-refractivity contribution in [2.45, 2.75) is 12.8 Å². The van der Waals surface area contributed by atoms with Crippen LogP contribution in [0.5, 0.6) is 0 Å². The van der Waals surface area contributed by atoms with Gasteiger partial charge in [0.15, 0.2) is 0 Å². The van der Waals surface area contributed by atoms with Crippen molar-refractivity contribution in [1.82, 2.24) is 5.32 Å². The lowest BCUT2D eigenvalue weighted by molar-refractivity contribution is -0.126. The smallest absolute Gasteiger partial charge is 0.228 e. The zero-order chi connectivity index (χ0) is 18.7. The number of carbonyl (C=O) groups is 2. The van der Waals surface area contributed by atoms with E-state index in [0.29, 0.717) is 18.0 Å². The van der Waals surface area contributed by atoms with Crippen LogP contribution in [0.15, 0.2) is 42.5 Å². The molecule has 1 atom stereocenters. The average Bonchev–Trinajstić information content (AvgIpc) is 2.96. The summed E-state index contributed by atoms with van der Waals surface area (Å²) in [4.78, 5) is 25.4. The molecule has 2 aromatic rings. The van der Waals surface area contributed by atoms with Crippen LogP contribution < -0.4 is 10.2 Å². The highest BCUT2D eigenvalue weighted by molar-refractivity contribution is 6.30. The molecular formula is C19H17ClF2N2O2. The van der Waals surface area contributed by atoms with E-state index in [-0.39, 0.29) is 18.9 Å². The summed E-state index contributed by atoms with van der Waals surface area (Å²) in [5.74, 6) is -3.05. The van der Waals surface area contributed by atoms with Crippen molar-refractivity contribution in [1.29, 1.82) is 0 Å². The van der Waals surface area contributed by atoms with E-state index in [1.807, 2.05) is 18.2 Å². The van der Waals surface area contributed by atoms with Gasteiger partial charge in [-0.25, -0.2) is 8.78 Å². The molecule has 0 radical (unpaired) electrons. The summed E-state index contributed by atoms with van der Waals surface area (Å²) in [6.07, 6.45) is 0.523. The summed E-state index contributed by atoms with van der Waals surface area (Å²) in [5, 5.41) is 3.39. The molecule has 26 heavy (non-hydrogen) atoms. The molecule has 0 saturated carbocycles. The molecule has 1 heterocycles. The van der Waals surface area contributed by atoms with Crippen LogP contribution in [-0.4, -0.2) is 24.9 Å². The molecule has 0 aliphatic carbocycles. The molecule has 1 unspecified atom stereocenters. The Morgan fingerprint density at radius 2 is 1.88 bits per heavy atom. The second-order valence-corrected chi connectivity index (χ2v) is 6.58. The van der Waals surface area contributed by atoms with E-state index >= 15 is 0 Å². The van der Waals surface area contributed by atoms with Crippen LogP contribution >= 0.6 is 11.6 Å². The van der Waals surface area contributed by atoms with Crippen LogP contribution in [-0.2, 0) is 16.0 Å². The molecule has 1 aliphatic heterocycles. The Kier molecular flexibility index (Phi) is 5.52. The lowest BCUT2D eigenvalue weighted by Crippen LogP contribution is -2.34. The van der Waals surface area contributed by atoms with Crippen molar-refractivity contribution in [3.63, 3.8) is 0 Å². The van der Waals surface area contributed by atoms with Crippen LogP contribution in [0.3, 0.4) is 0 Å². The fraction of sp³-hybridized carbons (Fsp3) is 0.263. The molecular weight excluding hydrogens is 362 g/mol. The number of anilines is 1. The van der Waals surface area contributed by atoms with Crippen LogP contribution in [0.25, 0.3) is 0 Å². The minimum Gasteiger partial charge on any atom is -0.355 e. The van der Waals surface area contributed by atoms with E-state index in [9.17, 15) is 18.4 Å². The Bertz CT molecular complexity index is 824. The SMILES string of the molecule is O=C(NCCc1cccc(Cl)c1)C1CC(=O)N(c2c(F)cccc2F)C1. The summed E-state index contributed by atoms with van der Waals surface area (Å²) in [7, 11) is 0. The fourth-order valence-electron chi connectivity index (χ4n) is 3.01. The summed E-state index contributed by atoms with van der Waals surface area (Å²) in [5.41, 5.74) is 0.585. The lowest BCUT2D eigenvalue weighted by Gasteiger charge is -2.18. The topological polar surface area (TPSA) is 49.4 Å². The number of benzene rings is 2. The van der Waals surface area contributed by atoms with Crippen LogP contribution in [0, 0.1) is 17.6 Å². The minimum absolute atomic E-state index is 0.0420. The predicted octanol–water partition coefficient (Wildman–Crippen LogP) is 3.33. The zero-order valence-corrected chi connectivity index (χ0v) is 14.6.